The molecule has 0 saturated heterocycles. The summed E-state index contributed by atoms with van der Waals surface area (Å²) in [5.74, 6) is -3.55. The second kappa shape index (κ2) is 6.53. The highest BCUT2D eigenvalue weighted by Gasteiger charge is 2.29. The summed E-state index contributed by atoms with van der Waals surface area (Å²) >= 11 is 0. The SMILES string of the molecule is Cc1cc(F)cc(-c2nc(C(C)(F)F)cn2-c2ccc(S(C)(=O)=O)cc2)c1. The zero-order chi connectivity index (χ0) is 20.0. The number of hydrogen-bond acceptors (Lipinski definition) is 3. The highest BCUT2D eigenvalue weighted by Crippen LogP contribution is 2.32. The largest absolute Gasteiger partial charge is 0.299 e. The number of rotatable bonds is 4. The molecule has 0 N–H and O–H groups in total. The van der Waals surface area contributed by atoms with Gasteiger partial charge in [0.1, 0.15) is 17.3 Å². The van der Waals surface area contributed by atoms with E-state index in [9.17, 15) is 21.6 Å². The highest BCUT2D eigenvalue weighted by atomic mass is 32.2. The smallest absolute Gasteiger partial charge is 0.288 e. The van der Waals surface area contributed by atoms with Crippen LogP contribution in [0.15, 0.2) is 53.6 Å². The summed E-state index contributed by atoms with van der Waals surface area (Å²) < 4.78 is 66.1. The molecule has 8 heteroatoms. The third-order valence-corrected chi connectivity index (χ3v) is 5.13. The van der Waals surface area contributed by atoms with Crippen molar-refractivity contribution in [3.05, 3.63) is 65.7 Å². The van der Waals surface area contributed by atoms with E-state index < -0.39 is 27.3 Å². The monoisotopic (exact) mass is 394 g/mol. The third kappa shape index (κ3) is 4.05. The zero-order valence-electron chi connectivity index (χ0n) is 14.9. The maximum atomic E-state index is 13.8. The molecule has 4 nitrogen and oxygen atoms in total. The first kappa shape index (κ1) is 19.2. The summed E-state index contributed by atoms with van der Waals surface area (Å²) in [7, 11) is -3.39. The number of nitrogens with zero attached hydrogens (tertiary/aromatic N) is 2. The number of aromatic nitrogens is 2. The van der Waals surface area contributed by atoms with Gasteiger partial charge in [-0.3, -0.25) is 4.57 Å². The van der Waals surface area contributed by atoms with E-state index in [-0.39, 0.29) is 10.7 Å². The summed E-state index contributed by atoms with van der Waals surface area (Å²) in [5, 5.41) is 0. The molecule has 0 spiro atoms. The van der Waals surface area contributed by atoms with E-state index in [2.05, 4.69) is 4.98 Å². The summed E-state index contributed by atoms with van der Waals surface area (Å²) in [6.45, 7) is 2.42. The van der Waals surface area contributed by atoms with E-state index in [1.165, 1.54) is 47.2 Å². The van der Waals surface area contributed by atoms with Gasteiger partial charge in [-0.2, -0.15) is 8.78 Å². The Bertz CT molecular complexity index is 1080. The summed E-state index contributed by atoms with van der Waals surface area (Å²) in [5.41, 5.74) is 0.931. The van der Waals surface area contributed by atoms with Gasteiger partial charge in [-0.15, -0.1) is 0 Å². The number of hydrogen-bond donors (Lipinski definition) is 0. The van der Waals surface area contributed by atoms with E-state index in [0.29, 0.717) is 16.8 Å². The van der Waals surface area contributed by atoms with Crippen LogP contribution in [0.5, 0.6) is 0 Å². The molecule has 0 aliphatic heterocycles. The van der Waals surface area contributed by atoms with Gasteiger partial charge >= 0.3 is 0 Å². The minimum Gasteiger partial charge on any atom is -0.299 e. The van der Waals surface area contributed by atoms with E-state index in [0.717, 1.165) is 13.2 Å². The highest BCUT2D eigenvalue weighted by molar-refractivity contribution is 7.90. The van der Waals surface area contributed by atoms with Crippen LogP contribution in [0, 0.1) is 12.7 Å². The number of benzene rings is 2. The molecule has 0 atom stereocenters. The van der Waals surface area contributed by atoms with E-state index in [1.807, 2.05) is 0 Å². The minimum absolute atomic E-state index is 0.107. The molecule has 3 rings (SSSR count). The van der Waals surface area contributed by atoms with Crippen molar-refractivity contribution >= 4 is 9.84 Å². The minimum atomic E-state index is -3.39. The van der Waals surface area contributed by atoms with Crippen molar-refractivity contribution in [2.24, 2.45) is 0 Å². The molecule has 27 heavy (non-hydrogen) atoms. The first-order valence-electron chi connectivity index (χ1n) is 8.01. The molecule has 142 valence electrons. The van der Waals surface area contributed by atoms with Crippen LogP contribution >= 0.6 is 0 Å². The molecule has 1 aromatic heterocycles. The molecule has 3 aromatic rings. The fraction of sp³-hybridized carbons (Fsp3) is 0.211. The van der Waals surface area contributed by atoms with Crippen LogP contribution in [0.4, 0.5) is 13.2 Å². The van der Waals surface area contributed by atoms with E-state index >= 15 is 0 Å². The Morgan fingerprint density at radius 2 is 1.70 bits per heavy atom. The number of aryl methyl sites for hydroxylation is 1. The first-order valence-corrected chi connectivity index (χ1v) is 9.90. The Morgan fingerprint density at radius 3 is 2.22 bits per heavy atom. The van der Waals surface area contributed by atoms with Gasteiger partial charge in [0.25, 0.3) is 5.92 Å². The van der Waals surface area contributed by atoms with Crippen LogP contribution in [0.2, 0.25) is 0 Å². The number of sulfone groups is 1. The van der Waals surface area contributed by atoms with Gasteiger partial charge in [0.15, 0.2) is 9.84 Å². The van der Waals surface area contributed by atoms with Crippen LogP contribution < -0.4 is 0 Å². The first-order chi connectivity index (χ1) is 12.4. The van der Waals surface area contributed by atoms with Crippen molar-refractivity contribution in [1.29, 1.82) is 0 Å². The lowest BCUT2D eigenvalue weighted by Gasteiger charge is -2.09. The summed E-state index contributed by atoms with van der Waals surface area (Å²) in [6.07, 6.45) is 2.25. The Balaban J connectivity index is 2.21. The maximum Gasteiger partial charge on any atom is 0.288 e. The molecular weight excluding hydrogens is 377 g/mol. The molecular formula is C19H17F3N2O2S. The molecule has 0 saturated carbocycles. The molecule has 0 aliphatic rings. The van der Waals surface area contributed by atoms with Crippen molar-refractivity contribution in [2.45, 2.75) is 24.7 Å². The average Bonchev–Trinajstić information content (AvgIpc) is 2.99. The zero-order valence-corrected chi connectivity index (χ0v) is 15.7. The molecule has 0 amide bonds. The standard InChI is InChI=1S/C19H17F3N2O2S/c1-12-8-13(10-14(20)9-12)18-23-17(19(2,21)22)11-24(18)15-4-6-16(7-5-15)27(3,25)26/h4-11H,1-3H3. The van der Waals surface area contributed by atoms with Gasteiger partial charge in [-0.05, 0) is 55.0 Å². The number of halogens is 3. The van der Waals surface area contributed by atoms with Crippen molar-refractivity contribution in [3.63, 3.8) is 0 Å². The number of alkyl halides is 2. The molecule has 1 heterocycles. The third-order valence-electron chi connectivity index (χ3n) is 4.00. The van der Waals surface area contributed by atoms with Crippen LogP contribution in [0.1, 0.15) is 18.2 Å². The maximum absolute atomic E-state index is 13.8. The van der Waals surface area contributed by atoms with Crippen molar-refractivity contribution < 1.29 is 21.6 Å². The number of imidazole rings is 1. The summed E-state index contributed by atoms with van der Waals surface area (Å²) in [6, 6.07) is 9.94. The second-order valence-electron chi connectivity index (χ2n) is 6.49. The second-order valence-corrected chi connectivity index (χ2v) is 8.51. The fourth-order valence-electron chi connectivity index (χ4n) is 2.71. The Hall–Kier alpha value is -2.61. The molecule has 2 aromatic carbocycles. The summed E-state index contributed by atoms with van der Waals surface area (Å²) in [4.78, 5) is 4.12. The normalized spacial score (nSPS) is 12.4. The molecule has 0 unspecified atom stereocenters. The predicted octanol–water partition coefficient (Wildman–Crippen LogP) is 4.50. The quantitative estimate of drug-likeness (QED) is 0.655. The molecule has 0 fully saturated rings. The topological polar surface area (TPSA) is 52.0 Å². The van der Waals surface area contributed by atoms with Gasteiger partial charge in [0, 0.05) is 30.6 Å². The van der Waals surface area contributed by atoms with Crippen molar-refractivity contribution in [3.8, 4) is 17.1 Å². The van der Waals surface area contributed by atoms with E-state index in [1.54, 1.807) is 13.0 Å². The van der Waals surface area contributed by atoms with E-state index in [4.69, 9.17) is 0 Å². The lowest BCUT2D eigenvalue weighted by molar-refractivity contribution is 0.0132. The van der Waals surface area contributed by atoms with Gasteiger partial charge < -0.3 is 0 Å². The lowest BCUT2D eigenvalue weighted by atomic mass is 10.1. The van der Waals surface area contributed by atoms with Gasteiger partial charge in [0.05, 0.1) is 4.90 Å². The average molecular weight is 394 g/mol. The Kier molecular flexibility index (Phi) is 4.63. The van der Waals surface area contributed by atoms with Crippen LogP contribution in [0.3, 0.4) is 0 Å². The molecule has 0 aliphatic carbocycles. The lowest BCUT2D eigenvalue weighted by Crippen LogP contribution is -2.07. The van der Waals surface area contributed by atoms with Gasteiger partial charge in [-0.1, -0.05) is 0 Å². The fourth-order valence-corrected chi connectivity index (χ4v) is 3.34. The molecule has 0 radical (unpaired) electrons. The van der Waals surface area contributed by atoms with Gasteiger partial charge in [-0.25, -0.2) is 17.8 Å². The van der Waals surface area contributed by atoms with Crippen LogP contribution in [0.25, 0.3) is 17.1 Å². The Labute approximate surface area is 155 Å². The van der Waals surface area contributed by atoms with Crippen LogP contribution in [-0.4, -0.2) is 24.2 Å². The Morgan fingerprint density at radius 1 is 1.07 bits per heavy atom. The van der Waals surface area contributed by atoms with Crippen LogP contribution in [-0.2, 0) is 15.8 Å². The molecule has 0 bridgehead atoms. The van der Waals surface area contributed by atoms with Crippen molar-refractivity contribution in [1.82, 2.24) is 9.55 Å². The predicted molar refractivity (Wildman–Crippen MR) is 96.4 cm³/mol. The van der Waals surface area contributed by atoms with Gasteiger partial charge in [0.2, 0.25) is 0 Å². The van der Waals surface area contributed by atoms with Crippen molar-refractivity contribution in [2.75, 3.05) is 6.26 Å².